The van der Waals surface area contributed by atoms with Crippen LogP contribution in [0.2, 0.25) is 0 Å². The Morgan fingerprint density at radius 1 is 0.662 bits per heavy atom. The zero-order chi connectivity index (χ0) is 49.8. The number of aliphatic hydroxyl groups is 1. The lowest BCUT2D eigenvalue weighted by Gasteiger charge is -2.29. The number of nitrogens with one attached hydrogen (secondary N) is 4. The van der Waals surface area contributed by atoms with Gasteiger partial charge in [-0.1, -0.05) is 0 Å². The SMILES string of the molecule is COc1ccc(F)c(F)c1C(=O)c1cnc(NC2CCC(NS(=O)(=O)CCCCl)CC2)nc1N.COc1ccc(F)c(F)c1C(=O)c1cnc(NC2CCC(NS(=O)(=O)CCCO)CC2)nc1N. The van der Waals surface area contributed by atoms with E-state index >= 15 is 0 Å². The summed E-state index contributed by atoms with van der Waals surface area (Å²) in [6.07, 6.45) is 7.92. The van der Waals surface area contributed by atoms with Gasteiger partial charge in [0.1, 0.15) is 34.3 Å². The first kappa shape index (κ1) is 53.5. The molecule has 68 heavy (non-hydrogen) atoms. The molecule has 0 radical (unpaired) electrons. The van der Waals surface area contributed by atoms with Crippen molar-refractivity contribution in [3.63, 3.8) is 0 Å². The van der Waals surface area contributed by atoms with E-state index in [-0.39, 0.29) is 101 Å². The monoisotopic (exact) mass is 1020 g/mol. The summed E-state index contributed by atoms with van der Waals surface area (Å²) in [6, 6.07) is 3.59. The molecule has 6 rings (SSSR count). The Hall–Kier alpha value is -5.47. The fraction of sp³-hybridized carbons (Fsp3) is 0.476. The summed E-state index contributed by atoms with van der Waals surface area (Å²) in [5.41, 5.74) is 10.3. The first-order chi connectivity index (χ1) is 32.3. The molecule has 0 bridgehead atoms. The molecule has 9 N–H and O–H groups in total. The number of nitrogens with zero attached hydrogens (tertiary/aromatic N) is 4. The number of rotatable bonds is 20. The van der Waals surface area contributed by atoms with Crippen LogP contribution in [0.3, 0.4) is 0 Å². The van der Waals surface area contributed by atoms with Crippen molar-refractivity contribution in [2.24, 2.45) is 0 Å². The number of hydrogen-bond donors (Lipinski definition) is 7. The van der Waals surface area contributed by atoms with E-state index in [1.54, 1.807) is 0 Å². The Bertz CT molecular complexity index is 2460. The molecule has 0 unspecified atom stereocenters. The smallest absolute Gasteiger partial charge is 0.224 e. The molecule has 0 saturated heterocycles. The number of alkyl halides is 1. The number of nitrogens with two attached hydrogens (primary N) is 2. The lowest BCUT2D eigenvalue weighted by molar-refractivity contribution is 0.102. The normalized spacial score (nSPS) is 18.5. The standard InChI is InChI=1S/C21H26ClF2N5O4S.C21H27F2N5O5S/c1-33-16-8-7-15(23)18(24)17(16)19(30)14-11-26-21(28-20(14)25)27-12-3-5-13(6-4-12)29-34(31,32)10-2-9-22;1-33-16-8-7-15(22)18(23)17(16)19(30)14-11-25-21(27-20(14)24)26-12-3-5-13(6-4-12)28-34(31,32)10-2-9-29/h7-8,11-13,29H,2-6,9-10H2,1H3,(H3,25,26,27,28);7-8,11-13,28-29H,2-6,9-10H2,1H3,(H3,24,25,26,27). The summed E-state index contributed by atoms with van der Waals surface area (Å²) in [6.45, 7) is -0.185. The quantitative estimate of drug-likeness (QED) is 0.0366. The van der Waals surface area contributed by atoms with Gasteiger partial charge in [0.05, 0.1) is 36.9 Å². The summed E-state index contributed by atoms with van der Waals surface area (Å²) in [7, 11) is -4.33. The van der Waals surface area contributed by atoms with Gasteiger partial charge in [0.25, 0.3) is 0 Å². The second kappa shape index (κ2) is 24.2. The number of ketones is 2. The molecule has 2 saturated carbocycles. The van der Waals surface area contributed by atoms with Crippen molar-refractivity contribution in [2.75, 3.05) is 60.3 Å². The molecule has 2 aliphatic rings. The maximum Gasteiger partial charge on any atom is 0.224 e. The minimum absolute atomic E-state index is 0.00173. The van der Waals surface area contributed by atoms with E-state index in [1.165, 1.54) is 14.2 Å². The van der Waals surface area contributed by atoms with Crippen LogP contribution < -0.4 is 41.0 Å². The van der Waals surface area contributed by atoms with Gasteiger partial charge in [-0.3, -0.25) is 9.59 Å². The molecular weight excluding hydrogens is 964 g/mol. The van der Waals surface area contributed by atoms with Crippen molar-refractivity contribution in [1.82, 2.24) is 29.4 Å². The number of carbonyl (C=O) groups is 2. The molecule has 0 amide bonds. The van der Waals surface area contributed by atoms with E-state index in [2.05, 4.69) is 40.0 Å². The summed E-state index contributed by atoms with van der Waals surface area (Å²) >= 11 is 5.57. The van der Waals surface area contributed by atoms with E-state index in [4.69, 9.17) is 37.6 Å². The van der Waals surface area contributed by atoms with Crippen molar-refractivity contribution in [3.05, 3.63) is 82.2 Å². The molecule has 372 valence electrons. The van der Waals surface area contributed by atoms with Gasteiger partial charge >= 0.3 is 0 Å². The Morgan fingerprint density at radius 3 is 1.37 bits per heavy atom. The summed E-state index contributed by atoms with van der Waals surface area (Å²) in [5.74, 6) is -7.10. The third-order valence-electron chi connectivity index (χ3n) is 11.1. The van der Waals surface area contributed by atoms with Crippen LogP contribution >= 0.6 is 11.6 Å². The number of aromatic nitrogens is 4. The highest BCUT2D eigenvalue weighted by molar-refractivity contribution is 7.89. The van der Waals surface area contributed by atoms with Gasteiger partial charge in [-0.25, -0.2) is 53.8 Å². The van der Waals surface area contributed by atoms with Crippen molar-refractivity contribution in [3.8, 4) is 11.5 Å². The van der Waals surface area contributed by atoms with Crippen LogP contribution in [0.5, 0.6) is 11.5 Å². The number of anilines is 4. The van der Waals surface area contributed by atoms with Gasteiger partial charge in [0.15, 0.2) is 23.3 Å². The molecule has 2 aromatic carbocycles. The number of carbonyl (C=O) groups excluding carboxylic acids is 2. The van der Waals surface area contributed by atoms with Crippen molar-refractivity contribution in [2.45, 2.75) is 88.4 Å². The van der Waals surface area contributed by atoms with E-state index < -0.39 is 66.0 Å². The predicted molar refractivity (Wildman–Crippen MR) is 246 cm³/mol. The number of methoxy groups -OCH3 is 2. The van der Waals surface area contributed by atoms with Crippen LogP contribution in [0.1, 0.15) is 96.1 Å². The summed E-state index contributed by atoms with van der Waals surface area (Å²) in [4.78, 5) is 42.0. The largest absolute Gasteiger partial charge is 0.496 e. The molecule has 2 aliphatic carbocycles. The molecule has 0 aliphatic heterocycles. The highest BCUT2D eigenvalue weighted by Gasteiger charge is 2.30. The lowest BCUT2D eigenvalue weighted by atomic mass is 9.92. The Balaban J connectivity index is 0.000000254. The Labute approximate surface area is 395 Å². The first-order valence-electron chi connectivity index (χ1n) is 21.4. The van der Waals surface area contributed by atoms with Gasteiger partial charge in [0, 0.05) is 49.0 Å². The number of aliphatic hydroxyl groups excluding tert-OH is 1. The average Bonchev–Trinajstić information content (AvgIpc) is 3.30. The van der Waals surface area contributed by atoms with E-state index in [1.807, 2.05) is 0 Å². The number of halogens is 5. The Morgan fingerprint density at radius 2 is 1.03 bits per heavy atom. The third-order valence-corrected chi connectivity index (χ3v) is 14.4. The molecular formula is C42H53ClF4N10O9S2. The van der Waals surface area contributed by atoms with Crippen LogP contribution in [0.15, 0.2) is 36.7 Å². The molecule has 0 spiro atoms. The lowest BCUT2D eigenvalue weighted by Crippen LogP contribution is -2.41. The van der Waals surface area contributed by atoms with Gasteiger partial charge in [0.2, 0.25) is 43.5 Å². The van der Waals surface area contributed by atoms with Gasteiger partial charge in [-0.15, -0.1) is 11.6 Å². The molecule has 2 aromatic heterocycles. The van der Waals surface area contributed by atoms with Gasteiger partial charge < -0.3 is 36.7 Å². The molecule has 4 aromatic rings. The summed E-state index contributed by atoms with van der Waals surface area (Å²) < 4.78 is 119. The number of benzene rings is 2. The number of hydrogen-bond acceptors (Lipinski definition) is 17. The first-order valence-corrected chi connectivity index (χ1v) is 25.2. The van der Waals surface area contributed by atoms with Crippen LogP contribution in [-0.2, 0) is 20.0 Å². The van der Waals surface area contributed by atoms with Crippen LogP contribution in [-0.4, -0.2) is 116 Å². The number of ether oxygens (including phenoxy) is 2. The number of nitrogen functional groups attached to an aromatic ring is 2. The molecule has 2 fully saturated rings. The molecule has 26 heteroatoms. The molecule has 2 heterocycles. The van der Waals surface area contributed by atoms with E-state index in [0.717, 1.165) is 36.7 Å². The highest BCUT2D eigenvalue weighted by atomic mass is 35.5. The fourth-order valence-corrected chi connectivity index (χ4v) is 10.6. The minimum atomic E-state index is -3.43. The maximum atomic E-state index is 14.3. The van der Waals surface area contributed by atoms with Crippen LogP contribution in [0, 0.1) is 23.3 Å². The van der Waals surface area contributed by atoms with Gasteiger partial charge in [-0.05, 0) is 88.5 Å². The van der Waals surface area contributed by atoms with Gasteiger partial charge in [-0.2, -0.15) is 9.97 Å². The fourth-order valence-electron chi connectivity index (χ4n) is 7.58. The second-order valence-electron chi connectivity index (χ2n) is 15.9. The second-order valence-corrected chi connectivity index (χ2v) is 20.0. The number of sulfonamides is 2. The van der Waals surface area contributed by atoms with Crippen molar-refractivity contribution >= 4 is 66.7 Å². The van der Waals surface area contributed by atoms with Crippen LogP contribution in [0.25, 0.3) is 0 Å². The third kappa shape index (κ3) is 14.3. The van der Waals surface area contributed by atoms with Crippen LogP contribution in [0.4, 0.5) is 41.1 Å². The van der Waals surface area contributed by atoms with E-state index in [0.29, 0.717) is 57.8 Å². The average molecular weight is 1020 g/mol. The predicted octanol–water partition coefficient (Wildman–Crippen LogP) is 4.45. The topological polar surface area (TPSA) is 293 Å². The van der Waals surface area contributed by atoms with E-state index in [9.17, 15) is 44.0 Å². The minimum Gasteiger partial charge on any atom is -0.496 e. The Kier molecular flexibility index (Phi) is 19.0. The van der Waals surface area contributed by atoms with Crippen molar-refractivity contribution in [1.29, 1.82) is 0 Å². The molecule has 0 atom stereocenters. The summed E-state index contributed by atoms with van der Waals surface area (Å²) in [5, 5.41) is 15.0. The van der Waals surface area contributed by atoms with Crippen molar-refractivity contribution < 1.29 is 58.6 Å². The zero-order valence-electron chi connectivity index (χ0n) is 37.0. The highest BCUT2D eigenvalue weighted by Crippen LogP contribution is 2.30. The maximum absolute atomic E-state index is 14.3. The molecule has 19 nitrogen and oxygen atoms in total. The zero-order valence-corrected chi connectivity index (χ0v) is 39.4.